The molecule has 2 heterocycles. The van der Waals surface area contributed by atoms with Crippen LogP contribution < -0.4 is 5.32 Å². The van der Waals surface area contributed by atoms with Crippen molar-refractivity contribution < 1.29 is 13.2 Å². The molecule has 1 N–H and O–H groups in total. The van der Waals surface area contributed by atoms with E-state index in [0.717, 1.165) is 18.4 Å². The Kier molecular flexibility index (Phi) is 5.60. The standard InChI is InChI=1S/C18H20ClN3O3S/c1-13(14-6-8-20-9-7-14)21-18(23)16-12-15(4-5-17(16)19)26(24,25)22-10-2-3-11-22/h4-9,12-13H,2-3,10-11H2,1H3,(H,21,23). The van der Waals surface area contributed by atoms with Crippen molar-refractivity contribution in [1.82, 2.24) is 14.6 Å². The van der Waals surface area contributed by atoms with Gasteiger partial charge in [-0.25, -0.2) is 8.42 Å². The van der Waals surface area contributed by atoms with Crippen LogP contribution in [-0.2, 0) is 10.0 Å². The summed E-state index contributed by atoms with van der Waals surface area (Å²) >= 11 is 6.15. The first-order valence-corrected chi connectivity index (χ1v) is 10.2. The van der Waals surface area contributed by atoms with Crippen molar-refractivity contribution in [1.29, 1.82) is 0 Å². The van der Waals surface area contributed by atoms with E-state index in [1.54, 1.807) is 24.5 Å². The van der Waals surface area contributed by atoms with E-state index in [0.29, 0.717) is 13.1 Å². The van der Waals surface area contributed by atoms with Crippen LogP contribution in [-0.4, -0.2) is 36.7 Å². The molecular formula is C18H20ClN3O3S. The molecule has 26 heavy (non-hydrogen) atoms. The predicted molar refractivity (Wildman–Crippen MR) is 99.6 cm³/mol. The Bertz CT molecular complexity index is 897. The lowest BCUT2D eigenvalue weighted by atomic mass is 10.1. The zero-order chi connectivity index (χ0) is 18.7. The van der Waals surface area contributed by atoms with Gasteiger partial charge < -0.3 is 5.32 Å². The third kappa shape index (κ3) is 3.90. The number of rotatable bonds is 5. The molecule has 1 aliphatic heterocycles. The molecule has 1 aromatic carbocycles. The maximum Gasteiger partial charge on any atom is 0.253 e. The molecule has 8 heteroatoms. The van der Waals surface area contributed by atoms with Gasteiger partial charge in [-0.3, -0.25) is 9.78 Å². The summed E-state index contributed by atoms with van der Waals surface area (Å²) in [7, 11) is -3.61. The number of nitrogens with zero attached hydrogens (tertiary/aromatic N) is 2. The number of pyridine rings is 1. The van der Waals surface area contributed by atoms with Crippen LogP contribution in [0.5, 0.6) is 0 Å². The van der Waals surface area contributed by atoms with Crippen molar-refractivity contribution in [3.63, 3.8) is 0 Å². The highest BCUT2D eigenvalue weighted by Gasteiger charge is 2.28. The average Bonchev–Trinajstić information content (AvgIpc) is 3.18. The highest BCUT2D eigenvalue weighted by Crippen LogP contribution is 2.26. The molecule has 2 aromatic rings. The molecule has 0 aliphatic carbocycles. The highest BCUT2D eigenvalue weighted by atomic mass is 35.5. The fourth-order valence-electron chi connectivity index (χ4n) is 2.93. The number of carbonyl (C=O) groups excluding carboxylic acids is 1. The molecule has 0 spiro atoms. The second-order valence-electron chi connectivity index (χ2n) is 6.23. The first kappa shape index (κ1) is 18.8. The minimum Gasteiger partial charge on any atom is -0.345 e. The van der Waals surface area contributed by atoms with Gasteiger partial charge in [-0.05, 0) is 55.7 Å². The molecule has 1 unspecified atom stereocenters. The fraction of sp³-hybridized carbons (Fsp3) is 0.333. The molecule has 1 aliphatic rings. The lowest BCUT2D eigenvalue weighted by Crippen LogP contribution is -2.29. The van der Waals surface area contributed by atoms with Crippen LogP contribution in [0.1, 0.15) is 41.7 Å². The van der Waals surface area contributed by atoms with Gasteiger partial charge in [-0.1, -0.05) is 11.6 Å². The Morgan fingerprint density at radius 3 is 2.50 bits per heavy atom. The van der Waals surface area contributed by atoms with E-state index in [2.05, 4.69) is 10.3 Å². The SMILES string of the molecule is CC(NC(=O)c1cc(S(=O)(=O)N2CCCC2)ccc1Cl)c1ccncc1. The Morgan fingerprint density at radius 2 is 1.85 bits per heavy atom. The first-order chi connectivity index (χ1) is 12.4. The van der Waals surface area contributed by atoms with E-state index >= 15 is 0 Å². The maximum atomic E-state index is 12.7. The van der Waals surface area contributed by atoms with E-state index in [1.165, 1.54) is 22.5 Å². The molecule has 0 radical (unpaired) electrons. The molecule has 1 atom stereocenters. The van der Waals surface area contributed by atoms with Gasteiger partial charge in [0, 0.05) is 25.5 Å². The van der Waals surface area contributed by atoms with Crippen LogP contribution in [0.25, 0.3) is 0 Å². The topological polar surface area (TPSA) is 79.4 Å². The number of carbonyl (C=O) groups is 1. The van der Waals surface area contributed by atoms with Crippen LogP contribution >= 0.6 is 11.6 Å². The van der Waals surface area contributed by atoms with Gasteiger partial charge >= 0.3 is 0 Å². The Hall–Kier alpha value is -1.96. The van der Waals surface area contributed by atoms with Crippen LogP contribution in [0.15, 0.2) is 47.6 Å². The lowest BCUT2D eigenvalue weighted by Gasteiger charge is -2.18. The second-order valence-corrected chi connectivity index (χ2v) is 8.57. The molecular weight excluding hydrogens is 374 g/mol. The van der Waals surface area contributed by atoms with Crippen molar-refractivity contribution >= 4 is 27.5 Å². The Balaban J connectivity index is 1.84. The zero-order valence-corrected chi connectivity index (χ0v) is 15.9. The summed E-state index contributed by atoms with van der Waals surface area (Å²) in [6.45, 7) is 2.85. The van der Waals surface area contributed by atoms with E-state index < -0.39 is 15.9 Å². The fourth-order valence-corrected chi connectivity index (χ4v) is 4.67. The van der Waals surface area contributed by atoms with E-state index in [1.807, 2.05) is 6.92 Å². The van der Waals surface area contributed by atoms with E-state index in [9.17, 15) is 13.2 Å². The number of hydrogen-bond donors (Lipinski definition) is 1. The van der Waals surface area contributed by atoms with Crippen LogP contribution in [0.4, 0.5) is 0 Å². The summed E-state index contributed by atoms with van der Waals surface area (Å²) < 4.78 is 26.9. The summed E-state index contributed by atoms with van der Waals surface area (Å²) in [6, 6.07) is 7.60. The first-order valence-electron chi connectivity index (χ1n) is 8.40. The summed E-state index contributed by atoms with van der Waals surface area (Å²) in [5.74, 6) is -0.419. The van der Waals surface area contributed by atoms with Crippen molar-refractivity contribution in [2.45, 2.75) is 30.7 Å². The molecule has 0 bridgehead atoms. The number of hydrogen-bond acceptors (Lipinski definition) is 4. The zero-order valence-electron chi connectivity index (χ0n) is 14.4. The van der Waals surface area contributed by atoms with Crippen LogP contribution in [0.3, 0.4) is 0 Å². The van der Waals surface area contributed by atoms with E-state index in [4.69, 9.17) is 11.6 Å². The summed E-state index contributed by atoms with van der Waals surface area (Å²) in [5, 5.41) is 3.05. The number of halogens is 1. The van der Waals surface area contributed by atoms with Gasteiger partial charge in [0.1, 0.15) is 0 Å². The largest absolute Gasteiger partial charge is 0.345 e. The third-order valence-electron chi connectivity index (χ3n) is 4.44. The number of nitrogens with one attached hydrogen (secondary N) is 1. The van der Waals surface area contributed by atoms with Crippen molar-refractivity contribution in [2.24, 2.45) is 0 Å². The van der Waals surface area contributed by atoms with Gasteiger partial charge in [0.05, 0.1) is 21.5 Å². The van der Waals surface area contributed by atoms with Gasteiger partial charge in [-0.15, -0.1) is 0 Å². The quantitative estimate of drug-likeness (QED) is 0.846. The molecule has 0 saturated carbocycles. The molecule has 3 rings (SSSR count). The van der Waals surface area contributed by atoms with Gasteiger partial charge in [-0.2, -0.15) is 4.31 Å². The Morgan fingerprint density at radius 1 is 1.19 bits per heavy atom. The molecule has 6 nitrogen and oxygen atoms in total. The summed E-state index contributed by atoms with van der Waals surface area (Å²) in [6.07, 6.45) is 5.00. The third-order valence-corrected chi connectivity index (χ3v) is 6.66. The molecule has 138 valence electrons. The van der Waals surface area contributed by atoms with Crippen molar-refractivity contribution in [2.75, 3.05) is 13.1 Å². The van der Waals surface area contributed by atoms with Crippen LogP contribution in [0, 0.1) is 0 Å². The highest BCUT2D eigenvalue weighted by molar-refractivity contribution is 7.89. The molecule has 1 aromatic heterocycles. The second kappa shape index (κ2) is 7.73. The van der Waals surface area contributed by atoms with Crippen LogP contribution in [0.2, 0.25) is 5.02 Å². The van der Waals surface area contributed by atoms with Gasteiger partial charge in [0.2, 0.25) is 10.0 Å². The monoisotopic (exact) mass is 393 g/mol. The predicted octanol–water partition coefficient (Wildman–Crippen LogP) is 3.01. The van der Waals surface area contributed by atoms with Crippen molar-refractivity contribution in [3.8, 4) is 0 Å². The smallest absolute Gasteiger partial charge is 0.253 e. The summed E-state index contributed by atoms with van der Waals surface area (Å²) in [4.78, 5) is 16.7. The number of benzene rings is 1. The van der Waals surface area contributed by atoms with E-state index in [-0.39, 0.29) is 21.5 Å². The minimum atomic E-state index is -3.61. The molecule has 1 fully saturated rings. The molecule has 1 amide bonds. The number of aromatic nitrogens is 1. The number of amides is 1. The van der Waals surface area contributed by atoms with Gasteiger partial charge in [0.15, 0.2) is 0 Å². The minimum absolute atomic E-state index is 0.0884. The normalized spacial score (nSPS) is 16.4. The van der Waals surface area contributed by atoms with Crippen molar-refractivity contribution in [3.05, 3.63) is 58.9 Å². The Labute approximate surface area is 158 Å². The molecule has 1 saturated heterocycles. The average molecular weight is 394 g/mol. The lowest BCUT2D eigenvalue weighted by molar-refractivity contribution is 0.0940. The maximum absolute atomic E-state index is 12.7. The van der Waals surface area contributed by atoms with Gasteiger partial charge in [0.25, 0.3) is 5.91 Å². The number of sulfonamides is 1. The summed E-state index contributed by atoms with van der Waals surface area (Å²) in [5.41, 5.74) is 1.04.